The first-order chi connectivity index (χ1) is 10.5. The third kappa shape index (κ3) is 4.33. The van der Waals surface area contributed by atoms with Gasteiger partial charge in [-0.05, 0) is 35.4 Å². The summed E-state index contributed by atoms with van der Waals surface area (Å²) in [6.45, 7) is 3.70. The van der Waals surface area contributed by atoms with E-state index in [9.17, 15) is 0 Å². The van der Waals surface area contributed by atoms with E-state index in [0.717, 1.165) is 16.0 Å². The van der Waals surface area contributed by atoms with Gasteiger partial charge in [0.15, 0.2) is 0 Å². The lowest BCUT2D eigenvalue weighted by Crippen LogP contribution is -2.07. The highest BCUT2D eigenvalue weighted by atomic mass is 32.2. The topological polar surface area (TPSA) is 55.3 Å². The molecule has 114 valence electrons. The Labute approximate surface area is 136 Å². The number of hydrogen-bond acceptors (Lipinski definition) is 4. The molecular formula is C18H21N3S. The van der Waals surface area contributed by atoms with Gasteiger partial charge in [-0.15, -0.1) is 0 Å². The Hall–Kier alpha value is -2.33. The van der Waals surface area contributed by atoms with Crippen LogP contribution in [0.1, 0.15) is 11.1 Å². The molecule has 0 spiro atoms. The summed E-state index contributed by atoms with van der Waals surface area (Å²) in [5.74, 6) is 0. The van der Waals surface area contributed by atoms with Gasteiger partial charge in [-0.25, -0.2) is 0 Å². The van der Waals surface area contributed by atoms with Crippen LogP contribution in [0.25, 0.3) is 12.2 Å². The van der Waals surface area contributed by atoms with E-state index in [2.05, 4.69) is 47.9 Å². The summed E-state index contributed by atoms with van der Waals surface area (Å²) in [6, 6.07) is 14.3. The first kappa shape index (κ1) is 16.0. The fourth-order valence-corrected chi connectivity index (χ4v) is 2.62. The van der Waals surface area contributed by atoms with Crippen LogP contribution in [0.15, 0.2) is 59.0 Å². The SMILES string of the molecule is C=C(N)Sc1cc(/C=C/c2ccc(N(C)C)cc2)ccc1N. The first-order valence-electron chi connectivity index (χ1n) is 6.93. The zero-order valence-electron chi connectivity index (χ0n) is 12.9. The van der Waals surface area contributed by atoms with Crippen LogP contribution in [0.5, 0.6) is 0 Å². The second-order valence-corrected chi connectivity index (χ2v) is 6.35. The molecule has 0 unspecified atom stereocenters. The van der Waals surface area contributed by atoms with Crippen molar-refractivity contribution in [3.05, 3.63) is 65.2 Å². The maximum absolute atomic E-state index is 5.94. The molecule has 3 nitrogen and oxygen atoms in total. The van der Waals surface area contributed by atoms with Gasteiger partial charge in [-0.3, -0.25) is 0 Å². The average molecular weight is 311 g/mol. The molecule has 0 fully saturated rings. The fraction of sp³-hybridized carbons (Fsp3) is 0.111. The monoisotopic (exact) mass is 311 g/mol. The van der Waals surface area contributed by atoms with E-state index in [-0.39, 0.29) is 0 Å². The number of thioether (sulfide) groups is 1. The van der Waals surface area contributed by atoms with Crippen molar-refractivity contribution in [2.24, 2.45) is 5.73 Å². The molecule has 0 bridgehead atoms. The molecule has 0 heterocycles. The van der Waals surface area contributed by atoms with E-state index in [1.807, 2.05) is 32.3 Å². The standard InChI is InChI=1S/C18H21N3S/c1-13(19)22-18-12-15(8-11-17(18)20)5-4-14-6-9-16(10-7-14)21(2)3/h4-12H,1,19-20H2,2-3H3/b5-4+. The van der Waals surface area contributed by atoms with Crippen LogP contribution in [-0.2, 0) is 0 Å². The van der Waals surface area contributed by atoms with E-state index >= 15 is 0 Å². The summed E-state index contributed by atoms with van der Waals surface area (Å²) in [6.07, 6.45) is 4.14. The highest BCUT2D eigenvalue weighted by Crippen LogP contribution is 2.29. The molecule has 0 saturated carbocycles. The third-order valence-electron chi connectivity index (χ3n) is 3.16. The number of benzene rings is 2. The van der Waals surface area contributed by atoms with Crippen LogP contribution in [0.2, 0.25) is 0 Å². The minimum absolute atomic E-state index is 0.534. The van der Waals surface area contributed by atoms with E-state index in [0.29, 0.717) is 10.7 Å². The van der Waals surface area contributed by atoms with Crippen molar-refractivity contribution in [3.63, 3.8) is 0 Å². The van der Waals surface area contributed by atoms with Gasteiger partial charge in [0.1, 0.15) is 0 Å². The van der Waals surface area contributed by atoms with Crippen molar-refractivity contribution >= 4 is 35.3 Å². The number of rotatable bonds is 5. The second-order valence-electron chi connectivity index (χ2n) is 5.18. The quantitative estimate of drug-likeness (QED) is 0.497. The zero-order chi connectivity index (χ0) is 16.1. The Morgan fingerprint density at radius 2 is 1.64 bits per heavy atom. The Kier molecular flexibility index (Phi) is 5.17. The van der Waals surface area contributed by atoms with Gasteiger partial charge in [0, 0.05) is 30.4 Å². The number of nitrogens with zero attached hydrogens (tertiary/aromatic N) is 1. The lowest BCUT2D eigenvalue weighted by molar-refractivity contribution is 1.13. The van der Waals surface area contributed by atoms with Gasteiger partial charge < -0.3 is 16.4 Å². The summed E-state index contributed by atoms with van der Waals surface area (Å²) >= 11 is 1.38. The summed E-state index contributed by atoms with van der Waals surface area (Å²) < 4.78 is 0. The summed E-state index contributed by atoms with van der Waals surface area (Å²) in [5, 5.41) is 0.534. The molecule has 0 aliphatic carbocycles. The zero-order valence-corrected chi connectivity index (χ0v) is 13.7. The highest BCUT2D eigenvalue weighted by Gasteiger charge is 2.01. The summed E-state index contributed by atoms with van der Waals surface area (Å²) in [7, 11) is 4.06. The highest BCUT2D eigenvalue weighted by molar-refractivity contribution is 8.03. The largest absolute Gasteiger partial charge is 0.398 e. The molecule has 0 saturated heterocycles. The van der Waals surface area contributed by atoms with Gasteiger partial charge >= 0.3 is 0 Å². The van der Waals surface area contributed by atoms with Gasteiger partial charge in [-0.1, -0.05) is 48.7 Å². The van der Waals surface area contributed by atoms with Crippen molar-refractivity contribution in [1.29, 1.82) is 0 Å². The Morgan fingerprint density at radius 3 is 2.23 bits per heavy atom. The molecular weight excluding hydrogens is 290 g/mol. The Balaban J connectivity index is 2.17. The lowest BCUT2D eigenvalue weighted by atomic mass is 10.1. The average Bonchev–Trinajstić information content (AvgIpc) is 2.48. The maximum Gasteiger partial charge on any atom is 0.0631 e. The molecule has 0 aromatic heterocycles. The molecule has 2 aromatic carbocycles. The van der Waals surface area contributed by atoms with E-state index in [1.165, 1.54) is 17.4 Å². The van der Waals surface area contributed by atoms with Crippen LogP contribution in [0, 0.1) is 0 Å². The Morgan fingerprint density at radius 1 is 1.05 bits per heavy atom. The molecule has 0 amide bonds. The Bertz CT molecular complexity index is 688. The maximum atomic E-state index is 5.94. The molecule has 0 aliphatic heterocycles. The van der Waals surface area contributed by atoms with Crippen molar-refractivity contribution < 1.29 is 0 Å². The predicted molar refractivity (Wildman–Crippen MR) is 99.7 cm³/mol. The molecule has 0 atom stereocenters. The van der Waals surface area contributed by atoms with Gasteiger partial charge in [0.05, 0.1) is 5.03 Å². The number of nitrogen functional groups attached to an aromatic ring is 1. The van der Waals surface area contributed by atoms with Crippen molar-refractivity contribution in [3.8, 4) is 0 Å². The number of nitrogens with two attached hydrogens (primary N) is 2. The minimum atomic E-state index is 0.534. The molecule has 4 N–H and O–H groups in total. The lowest BCUT2D eigenvalue weighted by Gasteiger charge is -2.11. The van der Waals surface area contributed by atoms with E-state index < -0.39 is 0 Å². The summed E-state index contributed by atoms with van der Waals surface area (Å²) in [4.78, 5) is 3.01. The molecule has 2 rings (SSSR count). The van der Waals surface area contributed by atoms with Crippen molar-refractivity contribution in [1.82, 2.24) is 0 Å². The second kappa shape index (κ2) is 7.09. The van der Waals surface area contributed by atoms with Crippen LogP contribution < -0.4 is 16.4 Å². The molecule has 0 aliphatic rings. The normalized spacial score (nSPS) is 10.8. The van der Waals surface area contributed by atoms with Crippen LogP contribution >= 0.6 is 11.8 Å². The van der Waals surface area contributed by atoms with Crippen LogP contribution in [-0.4, -0.2) is 14.1 Å². The number of hydrogen-bond donors (Lipinski definition) is 2. The van der Waals surface area contributed by atoms with E-state index in [1.54, 1.807) is 0 Å². The van der Waals surface area contributed by atoms with Gasteiger partial charge in [0.2, 0.25) is 0 Å². The van der Waals surface area contributed by atoms with Gasteiger partial charge in [-0.2, -0.15) is 0 Å². The summed E-state index contributed by atoms with van der Waals surface area (Å²) in [5.41, 5.74) is 15.7. The molecule has 0 radical (unpaired) electrons. The van der Waals surface area contributed by atoms with Crippen molar-refractivity contribution in [2.75, 3.05) is 24.7 Å². The minimum Gasteiger partial charge on any atom is -0.398 e. The van der Waals surface area contributed by atoms with Crippen LogP contribution in [0.3, 0.4) is 0 Å². The molecule has 4 heteroatoms. The van der Waals surface area contributed by atoms with Crippen molar-refractivity contribution in [2.45, 2.75) is 4.90 Å². The van der Waals surface area contributed by atoms with Gasteiger partial charge in [0.25, 0.3) is 0 Å². The third-order valence-corrected chi connectivity index (χ3v) is 3.99. The molecule has 22 heavy (non-hydrogen) atoms. The van der Waals surface area contributed by atoms with E-state index in [4.69, 9.17) is 11.5 Å². The number of anilines is 2. The molecule has 2 aromatic rings. The van der Waals surface area contributed by atoms with Crippen LogP contribution in [0.4, 0.5) is 11.4 Å². The fourth-order valence-electron chi connectivity index (χ4n) is 1.96. The predicted octanol–water partition coefficient (Wildman–Crippen LogP) is 4.03. The first-order valence-corrected chi connectivity index (χ1v) is 7.74. The smallest absolute Gasteiger partial charge is 0.0631 e.